The van der Waals surface area contributed by atoms with E-state index < -0.39 is 0 Å². The molecule has 2 heterocycles. The molecular weight excluding hydrogens is 422 g/mol. The summed E-state index contributed by atoms with van der Waals surface area (Å²) in [6.07, 6.45) is 11.3. The molecule has 3 N–H and O–H groups in total. The fraction of sp³-hybridized carbons (Fsp3) is 0.552. The van der Waals surface area contributed by atoms with Gasteiger partial charge in [0.25, 0.3) is 5.91 Å². The lowest BCUT2D eigenvalue weighted by Crippen LogP contribution is -2.47. The predicted octanol–water partition coefficient (Wildman–Crippen LogP) is 5.55. The number of fused-ring (bicyclic) bond motifs is 1. The van der Waals surface area contributed by atoms with Crippen LogP contribution in [0.1, 0.15) is 77.2 Å². The quantitative estimate of drug-likeness (QED) is 0.580. The number of likely N-dealkylation sites (tertiary alicyclic amines) is 1. The maximum absolute atomic E-state index is 13.0. The SMILES string of the molecule is CCC/C=C1\C(C(N)=O)=C2CCCCCC2=C(N2CCC(C)(CO)CC2)N1c1ccccc1C. The molecule has 1 aliphatic carbocycles. The van der Waals surface area contributed by atoms with Crippen LogP contribution < -0.4 is 10.6 Å². The number of nitrogens with two attached hydrogens (primary N) is 1. The van der Waals surface area contributed by atoms with Crippen LogP contribution >= 0.6 is 0 Å². The van der Waals surface area contributed by atoms with Crippen LogP contribution in [0.3, 0.4) is 0 Å². The van der Waals surface area contributed by atoms with E-state index in [9.17, 15) is 9.90 Å². The van der Waals surface area contributed by atoms with Crippen LogP contribution in [0.5, 0.6) is 0 Å². The van der Waals surface area contributed by atoms with E-state index in [1.165, 1.54) is 29.0 Å². The number of hydrogen-bond acceptors (Lipinski definition) is 4. The molecular formula is C29H41N3O2. The van der Waals surface area contributed by atoms with Crippen LogP contribution in [0.25, 0.3) is 0 Å². The third-order valence-electron chi connectivity index (χ3n) is 7.88. The van der Waals surface area contributed by atoms with Crippen LogP contribution in [-0.4, -0.2) is 35.6 Å². The van der Waals surface area contributed by atoms with Gasteiger partial charge in [0, 0.05) is 19.7 Å². The number of carbonyl (C=O) groups excluding carboxylic acids is 1. The Hall–Kier alpha value is -2.53. The number of allylic oxidation sites excluding steroid dienone is 3. The van der Waals surface area contributed by atoms with Crippen molar-refractivity contribution in [3.8, 4) is 0 Å². The van der Waals surface area contributed by atoms with Crippen molar-refractivity contribution in [3.05, 3.63) is 64.1 Å². The van der Waals surface area contributed by atoms with Crippen LogP contribution in [0.15, 0.2) is 58.6 Å². The first-order chi connectivity index (χ1) is 16.4. The number of carbonyl (C=O) groups is 1. The molecule has 1 aromatic carbocycles. The molecule has 0 bridgehead atoms. The molecule has 0 spiro atoms. The van der Waals surface area contributed by atoms with Crippen LogP contribution in [0.4, 0.5) is 5.69 Å². The van der Waals surface area contributed by atoms with Gasteiger partial charge in [0.15, 0.2) is 0 Å². The van der Waals surface area contributed by atoms with E-state index in [1.54, 1.807) is 0 Å². The minimum absolute atomic E-state index is 0.0225. The van der Waals surface area contributed by atoms with Gasteiger partial charge in [-0.05, 0) is 80.1 Å². The molecule has 3 aliphatic rings. The van der Waals surface area contributed by atoms with E-state index in [0.29, 0.717) is 0 Å². The van der Waals surface area contributed by atoms with Gasteiger partial charge >= 0.3 is 0 Å². The molecule has 34 heavy (non-hydrogen) atoms. The number of primary amides is 1. The fourth-order valence-corrected chi connectivity index (χ4v) is 5.68. The molecule has 0 atom stereocenters. The monoisotopic (exact) mass is 463 g/mol. The second-order valence-corrected chi connectivity index (χ2v) is 10.5. The second kappa shape index (κ2) is 10.4. The summed E-state index contributed by atoms with van der Waals surface area (Å²) in [5, 5.41) is 9.96. The number of aliphatic hydroxyl groups is 1. The number of hydrogen-bond donors (Lipinski definition) is 2. The Morgan fingerprint density at radius 2 is 1.79 bits per heavy atom. The van der Waals surface area contributed by atoms with Gasteiger partial charge in [-0.15, -0.1) is 0 Å². The molecule has 5 nitrogen and oxygen atoms in total. The average Bonchev–Trinajstić information content (AvgIpc) is 3.08. The number of unbranched alkanes of at least 4 members (excludes halogenated alkanes) is 1. The number of nitrogens with zero attached hydrogens (tertiary/aromatic N) is 2. The van der Waals surface area contributed by atoms with Gasteiger partial charge in [-0.1, -0.05) is 51.0 Å². The minimum atomic E-state index is -0.319. The summed E-state index contributed by atoms with van der Waals surface area (Å²) >= 11 is 0. The zero-order valence-corrected chi connectivity index (χ0v) is 21.2. The number of rotatable bonds is 6. The average molecular weight is 464 g/mol. The number of aliphatic hydroxyl groups excluding tert-OH is 1. The standard InChI is InChI=1S/C29H41N3O2/c1-4-5-14-25-26(27(30)34)22-12-7-6-8-13-23(22)28(31-18-16-29(3,20-33)17-19-31)32(25)24-15-10-9-11-21(24)2/h9-11,14-15,33H,4-8,12-13,16-20H2,1-3H3,(H2,30,34)/b25-14+. The van der Waals surface area contributed by atoms with E-state index in [-0.39, 0.29) is 17.9 Å². The lowest BCUT2D eigenvalue weighted by molar-refractivity contribution is -0.114. The van der Waals surface area contributed by atoms with Crippen molar-refractivity contribution in [1.29, 1.82) is 0 Å². The molecule has 1 amide bonds. The normalized spacial score (nSPS) is 22.2. The van der Waals surface area contributed by atoms with Gasteiger partial charge in [0.2, 0.25) is 0 Å². The molecule has 1 aromatic rings. The summed E-state index contributed by atoms with van der Waals surface area (Å²) in [6.45, 7) is 8.54. The van der Waals surface area contributed by atoms with Gasteiger partial charge in [-0.2, -0.15) is 0 Å². The van der Waals surface area contributed by atoms with E-state index >= 15 is 0 Å². The van der Waals surface area contributed by atoms with Gasteiger partial charge in [0.05, 0.1) is 17.0 Å². The first-order valence-electron chi connectivity index (χ1n) is 13.1. The van der Waals surface area contributed by atoms with Gasteiger partial charge in [-0.3, -0.25) is 9.69 Å². The van der Waals surface area contributed by atoms with Crippen molar-refractivity contribution in [1.82, 2.24) is 4.90 Å². The summed E-state index contributed by atoms with van der Waals surface area (Å²) in [5.41, 5.74) is 12.5. The summed E-state index contributed by atoms with van der Waals surface area (Å²) < 4.78 is 0. The highest BCUT2D eigenvalue weighted by Gasteiger charge is 2.39. The Morgan fingerprint density at radius 1 is 1.12 bits per heavy atom. The first-order valence-corrected chi connectivity index (χ1v) is 13.1. The van der Waals surface area contributed by atoms with Crippen LogP contribution in [0, 0.1) is 12.3 Å². The van der Waals surface area contributed by atoms with Crippen molar-refractivity contribution in [2.75, 3.05) is 24.6 Å². The van der Waals surface area contributed by atoms with Crippen LogP contribution in [-0.2, 0) is 4.79 Å². The third kappa shape index (κ3) is 4.68. The smallest absolute Gasteiger partial charge is 0.251 e. The topological polar surface area (TPSA) is 69.8 Å². The highest BCUT2D eigenvalue weighted by atomic mass is 16.3. The highest BCUT2D eigenvalue weighted by Crippen LogP contribution is 2.46. The maximum Gasteiger partial charge on any atom is 0.251 e. The molecule has 0 aromatic heterocycles. The van der Waals surface area contributed by atoms with Crippen LogP contribution in [0.2, 0.25) is 0 Å². The number of aryl methyl sites for hydroxylation is 1. The van der Waals surface area contributed by atoms with E-state index in [4.69, 9.17) is 5.73 Å². The number of amides is 1. The highest BCUT2D eigenvalue weighted by molar-refractivity contribution is 6.01. The molecule has 1 saturated carbocycles. The summed E-state index contributed by atoms with van der Waals surface area (Å²) in [6, 6.07) is 8.46. The predicted molar refractivity (Wildman–Crippen MR) is 139 cm³/mol. The molecule has 0 unspecified atom stereocenters. The zero-order chi connectivity index (χ0) is 24.3. The van der Waals surface area contributed by atoms with Gasteiger partial charge in [-0.25, -0.2) is 0 Å². The summed E-state index contributed by atoms with van der Waals surface area (Å²) in [5.74, 6) is 0.916. The second-order valence-electron chi connectivity index (χ2n) is 10.5. The van der Waals surface area contributed by atoms with Crippen molar-refractivity contribution in [2.45, 2.75) is 78.6 Å². The molecule has 0 radical (unpaired) electrons. The fourth-order valence-electron chi connectivity index (χ4n) is 5.68. The van der Waals surface area contributed by atoms with Gasteiger partial charge in [0.1, 0.15) is 5.82 Å². The van der Waals surface area contributed by atoms with E-state index in [1.807, 2.05) is 0 Å². The molecule has 2 fully saturated rings. The van der Waals surface area contributed by atoms with E-state index in [2.05, 4.69) is 60.9 Å². The Labute approximate surface area is 205 Å². The summed E-state index contributed by atoms with van der Waals surface area (Å²) in [7, 11) is 0. The first kappa shape index (κ1) is 24.6. The minimum Gasteiger partial charge on any atom is -0.396 e. The Bertz CT molecular complexity index is 1010. The van der Waals surface area contributed by atoms with Crippen molar-refractivity contribution in [3.63, 3.8) is 0 Å². The zero-order valence-electron chi connectivity index (χ0n) is 21.2. The molecule has 5 heteroatoms. The molecule has 1 saturated heterocycles. The van der Waals surface area contributed by atoms with Crippen molar-refractivity contribution in [2.24, 2.45) is 11.1 Å². The number of piperidine rings is 1. The van der Waals surface area contributed by atoms with Crippen molar-refractivity contribution >= 4 is 11.6 Å². The van der Waals surface area contributed by atoms with Crippen molar-refractivity contribution < 1.29 is 9.90 Å². The Kier molecular flexibility index (Phi) is 7.51. The summed E-state index contributed by atoms with van der Waals surface area (Å²) in [4.78, 5) is 17.9. The van der Waals surface area contributed by atoms with E-state index in [0.717, 1.165) is 81.4 Å². The Balaban J connectivity index is 1.96. The number of benzene rings is 1. The maximum atomic E-state index is 13.0. The number of anilines is 1. The lowest BCUT2D eigenvalue weighted by Gasteiger charge is -2.47. The lowest BCUT2D eigenvalue weighted by atomic mass is 9.80. The third-order valence-corrected chi connectivity index (χ3v) is 7.88. The Morgan fingerprint density at radius 3 is 2.41 bits per heavy atom. The largest absolute Gasteiger partial charge is 0.396 e. The molecule has 2 aliphatic heterocycles. The molecule has 4 rings (SSSR count). The molecule has 184 valence electrons. The van der Waals surface area contributed by atoms with Gasteiger partial charge < -0.3 is 15.7 Å². The number of para-hydroxylation sites is 1.